The van der Waals surface area contributed by atoms with Crippen LogP contribution in [0.1, 0.15) is 23.7 Å². The number of benzene rings is 2. The van der Waals surface area contributed by atoms with Crippen LogP contribution in [0, 0.1) is 13.8 Å². The SMILES string of the molecule is CC(=O)N(c1ccc(C)cc1)c1nc(CNCCOc2ccc(C)cc2)cs1. The number of carbonyl (C=O) groups excluding carboxylic acids is 1. The van der Waals surface area contributed by atoms with Gasteiger partial charge in [0, 0.05) is 25.4 Å². The Bertz CT molecular complexity index is 904. The number of ether oxygens (including phenoxy) is 1. The molecule has 0 unspecified atom stereocenters. The van der Waals surface area contributed by atoms with Gasteiger partial charge in [-0.2, -0.15) is 0 Å². The predicted molar refractivity (Wildman–Crippen MR) is 114 cm³/mol. The van der Waals surface area contributed by atoms with Crippen LogP contribution >= 0.6 is 11.3 Å². The summed E-state index contributed by atoms with van der Waals surface area (Å²) >= 11 is 1.47. The molecule has 0 aliphatic carbocycles. The molecule has 0 atom stereocenters. The summed E-state index contributed by atoms with van der Waals surface area (Å²) in [6, 6.07) is 15.9. The van der Waals surface area contributed by atoms with Crippen LogP contribution in [0.25, 0.3) is 0 Å². The molecule has 5 nitrogen and oxygen atoms in total. The number of hydrogen-bond acceptors (Lipinski definition) is 5. The fourth-order valence-electron chi connectivity index (χ4n) is 2.69. The van der Waals surface area contributed by atoms with Gasteiger partial charge in [-0.05, 0) is 38.1 Å². The zero-order valence-electron chi connectivity index (χ0n) is 16.4. The highest BCUT2D eigenvalue weighted by atomic mass is 32.1. The van der Waals surface area contributed by atoms with Crippen LogP contribution < -0.4 is 15.0 Å². The quantitative estimate of drug-likeness (QED) is 0.566. The van der Waals surface area contributed by atoms with Gasteiger partial charge in [-0.25, -0.2) is 4.98 Å². The van der Waals surface area contributed by atoms with Crippen LogP contribution in [0.15, 0.2) is 53.9 Å². The van der Waals surface area contributed by atoms with E-state index in [9.17, 15) is 4.79 Å². The van der Waals surface area contributed by atoms with Crippen molar-refractivity contribution in [1.82, 2.24) is 10.3 Å². The lowest BCUT2D eigenvalue weighted by molar-refractivity contribution is -0.115. The molecular formula is C22H25N3O2S. The van der Waals surface area contributed by atoms with E-state index in [4.69, 9.17) is 4.74 Å². The highest BCUT2D eigenvalue weighted by molar-refractivity contribution is 7.14. The summed E-state index contributed by atoms with van der Waals surface area (Å²) in [7, 11) is 0. The molecule has 0 spiro atoms. The molecule has 0 saturated carbocycles. The minimum Gasteiger partial charge on any atom is -0.492 e. The van der Waals surface area contributed by atoms with Gasteiger partial charge in [0.2, 0.25) is 5.91 Å². The van der Waals surface area contributed by atoms with E-state index in [0.29, 0.717) is 18.3 Å². The van der Waals surface area contributed by atoms with E-state index >= 15 is 0 Å². The number of nitrogens with one attached hydrogen (secondary N) is 1. The van der Waals surface area contributed by atoms with Gasteiger partial charge in [0.1, 0.15) is 12.4 Å². The minimum atomic E-state index is -0.0517. The molecule has 0 radical (unpaired) electrons. The normalized spacial score (nSPS) is 10.7. The Morgan fingerprint density at radius 3 is 2.36 bits per heavy atom. The Hall–Kier alpha value is -2.70. The van der Waals surface area contributed by atoms with Gasteiger partial charge >= 0.3 is 0 Å². The monoisotopic (exact) mass is 395 g/mol. The minimum absolute atomic E-state index is 0.0517. The van der Waals surface area contributed by atoms with Crippen molar-refractivity contribution in [1.29, 1.82) is 0 Å². The lowest BCUT2D eigenvalue weighted by Crippen LogP contribution is -2.23. The van der Waals surface area contributed by atoms with Gasteiger partial charge < -0.3 is 10.1 Å². The van der Waals surface area contributed by atoms with Crippen LogP contribution in [0.3, 0.4) is 0 Å². The van der Waals surface area contributed by atoms with Crippen molar-refractivity contribution in [3.63, 3.8) is 0 Å². The maximum atomic E-state index is 12.2. The number of rotatable bonds is 8. The predicted octanol–water partition coefficient (Wildman–Crippen LogP) is 4.61. The van der Waals surface area contributed by atoms with Gasteiger partial charge in [-0.3, -0.25) is 9.69 Å². The molecule has 0 fully saturated rings. The second kappa shape index (κ2) is 9.48. The zero-order valence-corrected chi connectivity index (χ0v) is 17.3. The summed E-state index contributed by atoms with van der Waals surface area (Å²) < 4.78 is 5.71. The molecule has 3 aromatic rings. The number of amides is 1. The number of hydrogen-bond donors (Lipinski definition) is 1. The largest absolute Gasteiger partial charge is 0.492 e. The molecule has 0 bridgehead atoms. The van der Waals surface area contributed by atoms with Crippen molar-refractivity contribution in [3.05, 3.63) is 70.7 Å². The molecule has 146 valence electrons. The highest BCUT2D eigenvalue weighted by Crippen LogP contribution is 2.29. The summed E-state index contributed by atoms with van der Waals surface area (Å²) in [4.78, 5) is 18.4. The Balaban J connectivity index is 1.52. The molecule has 0 aliphatic rings. The Labute approximate surface area is 170 Å². The molecule has 1 N–H and O–H groups in total. The average Bonchev–Trinajstić information content (AvgIpc) is 3.13. The zero-order chi connectivity index (χ0) is 19.9. The molecule has 6 heteroatoms. The van der Waals surface area contributed by atoms with E-state index < -0.39 is 0 Å². The summed E-state index contributed by atoms with van der Waals surface area (Å²) in [6.07, 6.45) is 0. The summed E-state index contributed by atoms with van der Waals surface area (Å²) in [5.74, 6) is 0.822. The lowest BCUT2D eigenvalue weighted by Gasteiger charge is -2.18. The van der Waals surface area contributed by atoms with E-state index in [1.807, 2.05) is 60.8 Å². The molecule has 1 heterocycles. The molecule has 0 aliphatic heterocycles. The first-order valence-corrected chi connectivity index (χ1v) is 10.1. The highest BCUT2D eigenvalue weighted by Gasteiger charge is 2.17. The average molecular weight is 396 g/mol. The molecule has 3 rings (SSSR count). The number of thiazole rings is 1. The summed E-state index contributed by atoms with van der Waals surface area (Å²) in [5, 5.41) is 5.99. The third-order valence-corrected chi connectivity index (χ3v) is 5.09. The van der Waals surface area contributed by atoms with E-state index in [-0.39, 0.29) is 5.91 Å². The second-order valence-corrected chi connectivity index (χ2v) is 7.49. The van der Waals surface area contributed by atoms with E-state index in [2.05, 4.69) is 17.2 Å². The Morgan fingerprint density at radius 1 is 1.07 bits per heavy atom. The molecule has 1 aromatic heterocycles. The van der Waals surface area contributed by atoms with Gasteiger partial charge in [-0.15, -0.1) is 11.3 Å². The third-order valence-electron chi connectivity index (χ3n) is 4.21. The molecule has 0 saturated heterocycles. The topological polar surface area (TPSA) is 54.5 Å². The Kier molecular flexibility index (Phi) is 6.79. The summed E-state index contributed by atoms with van der Waals surface area (Å²) in [5.41, 5.74) is 4.12. The fraction of sp³-hybridized carbons (Fsp3) is 0.273. The fourth-order valence-corrected chi connectivity index (χ4v) is 3.58. The van der Waals surface area contributed by atoms with Crippen molar-refractivity contribution in [2.24, 2.45) is 0 Å². The van der Waals surface area contributed by atoms with Crippen molar-refractivity contribution in [2.75, 3.05) is 18.1 Å². The number of carbonyl (C=O) groups is 1. The number of anilines is 2. The molecular weight excluding hydrogens is 370 g/mol. The number of nitrogens with zero attached hydrogens (tertiary/aromatic N) is 2. The second-order valence-electron chi connectivity index (χ2n) is 6.65. The van der Waals surface area contributed by atoms with Gasteiger partial charge in [0.15, 0.2) is 5.13 Å². The molecule has 1 amide bonds. The van der Waals surface area contributed by atoms with E-state index in [1.165, 1.54) is 16.9 Å². The lowest BCUT2D eigenvalue weighted by atomic mass is 10.2. The van der Waals surface area contributed by atoms with Crippen LogP contribution in [0.2, 0.25) is 0 Å². The summed E-state index contributed by atoms with van der Waals surface area (Å²) in [6.45, 7) is 7.57. The van der Waals surface area contributed by atoms with Crippen molar-refractivity contribution in [2.45, 2.75) is 27.3 Å². The van der Waals surface area contributed by atoms with Crippen molar-refractivity contribution >= 4 is 28.1 Å². The van der Waals surface area contributed by atoms with Crippen LogP contribution in [0.5, 0.6) is 5.75 Å². The number of aromatic nitrogens is 1. The van der Waals surface area contributed by atoms with Gasteiger partial charge in [0.25, 0.3) is 0 Å². The molecule has 2 aromatic carbocycles. The maximum absolute atomic E-state index is 12.2. The first-order valence-electron chi connectivity index (χ1n) is 9.25. The maximum Gasteiger partial charge on any atom is 0.230 e. The smallest absolute Gasteiger partial charge is 0.230 e. The Morgan fingerprint density at radius 2 is 1.71 bits per heavy atom. The van der Waals surface area contributed by atoms with Crippen LogP contribution in [0.4, 0.5) is 10.8 Å². The van der Waals surface area contributed by atoms with Gasteiger partial charge in [0.05, 0.1) is 11.4 Å². The standard InChI is InChI=1S/C22H25N3O2S/c1-16-4-8-20(9-5-16)25(18(3)26)22-24-19(15-28-22)14-23-12-13-27-21-10-6-17(2)7-11-21/h4-11,15,23H,12-14H2,1-3H3. The van der Waals surface area contributed by atoms with Crippen LogP contribution in [-0.2, 0) is 11.3 Å². The van der Waals surface area contributed by atoms with Crippen molar-refractivity contribution in [3.8, 4) is 5.75 Å². The van der Waals surface area contributed by atoms with E-state index in [0.717, 1.165) is 29.2 Å². The van der Waals surface area contributed by atoms with Crippen LogP contribution in [-0.4, -0.2) is 24.0 Å². The first kappa shape index (κ1) is 20.0. The first-order chi connectivity index (χ1) is 13.5. The van der Waals surface area contributed by atoms with E-state index in [1.54, 1.807) is 11.8 Å². The van der Waals surface area contributed by atoms with Crippen molar-refractivity contribution < 1.29 is 9.53 Å². The van der Waals surface area contributed by atoms with Gasteiger partial charge in [-0.1, -0.05) is 35.4 Å². The molecule has 28 heavy (non-hydrogen) atoms. The number of aryl methyl sites for hydroxylation is 2. The third kappa shape index (κ3) is 5.41.